The molecule has 2 heterocycles. The van der Waals surface area contributed by atoms with Crippen LogP contribution < -0.4 is 4.74 Å². The lowest BCUT2D eigenvalue weighted by Crippen LogP contribution is -2.44. The van der Waals surface area contributed by atoms with Gasteiger partial charge >= 0.3 is 12.2 Å². The molecular weight excluding hydrogens is 390 g/mol. The fraction of sp³-hybridized carbons (Fsp3) is 0.375. The molecule has 0 spiro atoms. The van der Waals surface area contributed by atoms with Gasteiger partial charge in [0.25, 0.3) is 0 Å². The van der Waals surface area contributed by atoms with E-state index in [0.29, 0.717) is 18.9 Å². The molecule has 0 aliphatic carbocycles. The molecule has 3 rings (SSSR count). The Morgan fingerprint density at radius 1 is 1.19 bits per heavy atom. The molecule has 1 saturated heterocycles. The monoisotopic (exact) mass is 405 g/mol. The van der Waals surface area contributed by atoms with E-state index in [9.17, 15) is 26.0 Å². The van der Waals surface area contributed by atoms with Gasteiger partial charge in [-0.15, -0.1) is 0 Å². The predicted molar refractivity (Wildman–Crippen MR) is 85.8 cm³/mol. The SMILES string of the molecule is O=S(=O)(c1cccc(C(F)(F)F)c1)N1CCCC(Oc2ncc(F)cn2)C1. The van der Waals surface area contributed by atoms with Gasteiger partial charge in [-0.05, 0) is 31.0 Å². The highest BCUT2D eigenvalue weighted by Gasteiger charge is 2.35. The molecular formula is C16H15F4N3O3S. The molecule has 6 nitrogen and oxygen atoms in total. The van der Waals surface area contributed by atoms with Gasteiger partial charge in [0.1, 0.15) is 6.10 Å². The van der Waals surface area contributed by atoms with Crippen molar-refractivity contribution in [3.63, 3.8) is 0 Å². The van der Waals surface area contributed by atoms with Crippen LogP contribution in [-0.4, -0.2) is 41.9 Å². The van der Waals surface area contributed by atoms with Crippen molar-refractivity contribution in [1.29, 1.82) is 0 Å². The van der Waals surface area contributed by atoms with E-state index in [1.165, 1.54) is 0 Å². The van der Waals surface area contributed by atoms with E-state index >= 15 is 0 Å². The summed E-state index contributed by atoms with van der Waals surface area (Å²) < 4.78 is 83.4. The summed E-state index contributed by atoms with van der Waals surface area (Å²) in [6.45, 7) is 0.0853. The lowest BCUT2D eigenvalue weighted by atomic mass is 10.1. The van der Waals surface area contributed by atoms with Gasteiger partial charge in [0.15, 0.2) is 5.82 Å². The number of hydrogen-bond acceptors (Lipinski definition) is 5. The Kier molecular flexibility index (Phi) is 5.33. The van der Waals surface area contributed by atoms with E-state index < -0.39 is 38.6 Å². The molecule has 1 aromatic carbocycles. The van der Waals surface area contributed by atoms with Crippen molar-refractivity contribution in [2.75, 3.05) is 13.1 Å². The number of nitrogens with zero attached hydrogens (tertiary/aromatic N) is 3. The van der Waals surface area contributed by atoms with Crippen molar-refractivity contribution in [1.82, 2.24) is 14.3 Å². The highest BCUT2D eigenvalue weighted by Crippen LogP contribution is 2.31. The first kappa shape index (κ1) is 19.5. The Hall–Kier alpha value is -2.27. The molecule has 1 aromatic heterocycles. The van der Waals surface area contributed by atoms with Crippen molar-refractivity contribution in [3.05, 3.63) is 48.0 Å². The molecule has 1 aliphatic rings. The van der Waals surface area contributed by atoms with Crippen LogP contribution in [0.15, 0.2) is 41.6 Å². The summed E-state index contributed by atoms with van der Waals surface area (Å²) in [7, 11) is -4.12. The minimum absolute atomic E-state index is 0.0701. The van der Waals surface area contributed by atoms with Gasteiger partial charge in [-0.1, -0.05) is 6.07 Å². The van der Waals surface area contributed by atoms with Crippen LogP contribution in [0.4, 0.5) is 17.6 Å². The average molecular weight is 405 g/mol. The zero-order valence-corrected chi connectivity index (χ0v) is 14.7. The number of halogens is 4. The largest absolute Gasteiger partial charge is 0.459 e. The summed E-state index contributed by atoms with van der Waals surface area (Å²) in [6.07, 6.45) is -2.44. The van der Waals surface area contributed by atoms with Crippen molar-refractivity contribution in [2.45, 2.75) is 30.0 Å². The number of alkyl halides is 3. The van der Waals surface area contributed by atoms with Gasteiger partial charge in [0, 0.05) is 6.54 Å². The summed E-state index contributed by atoms with van der Waals surface area (Å²) >= 11 is 0. The van der Waals surface area contributed by atoms with Gasteiger partial charge < -0.3 is 4.74 Å². The van der Waals surface area contributed by atoms with E-state index in [-0.39, 0.29) is 19.1 Å². The second kappa shape index (κ2) is 7.39. The lowest BCUT2D eigenvalue weighted by Gasteiger charge is -2.31. The standard InChI is InChI=1S/C16H15F4N3O3S/c17-12-8-21-15(22-9-12)26-13-4-2-6-23(10-13)27(24,25)14-5-1-3-11(7-14)16(18,19)20/h1,3,5,7-9,13H,2,4,6,10H2. The first-order valence-electron chi connectivity index (χ1n) is 7.98. The third-order valence-corrected chi connectivity index (χ3v) is 5.87. The van der Waals surface area contributed by atoms with Gasteiger partial charge in [-0.2, -0.15) is 17.5 Å². The Labute approximate surface area is 152 Å². The van der Waals surface area contributed by atoms with Gasteiger partial charge in [-0.25, -0.2) is 22.8 Å². The quantitative estimate of drug-likeness (QED) is 0.732. The Balaban J connectivity index is 1.77. The number of rotatable bonds is 4. The number of piperidine rings is 1. The molecule has 27 heavy (non-hydrogen) atoms. The maximum atomic E-state index is 12.9. The lowest BCUT2D eigenvalue weighted by molar-refractivity contribution is -0.137. The van der Waals surface area contributed by atoms with Crippen LogP contribution in [0, 0.1) is 5.82 Å². The highest BCUT2D eigenvalue weighted by atomic mass is 32.2. The maximum absolute atomic E-state index is 12.9. The molecule has 0 bridgehead atoms. The molecule has 0 N–H and O–H groups in total. The topological polar surface area (TPSA) is 72.4 Å². The van der Waals surface area contributed by atoms with Gasteiger partial charge in [-0.3, -0.25) is 0 Å². The van der Waals surface area contributed by atoms with Crippen LogP contribution in [0.2, 0.25) is 0 Å². The van der Waals surface area contributed by atoms with E-state index in [4.69, 9.17) is 4.74 Å². The maximum Gasteiger partial charge on any atom is 0.416 e. The van der Waals surface area contributed by atoms with Crippen molar-refractivity contribution < 1.29 is 30.7 Å². The fourth-order valence-corrected chi connectivity index (χ4v) is 4.27. The molecule has 1 aliphatic heterocycles. The second-order valence-electron chi connectivity index (χ2n) is 5.95. The minimum atomic E-state index is -4.64. The normalized spacial score (nSPS) is 19.0. The first-order valence-corrected chi connectivity index (χ1v) is 9.42. The Morgan fingerprint density at radius 3 is 2.56 bits per heavy atom. The number of sulfonamides is 1. The van der Waals surface area contributed by atoms with E-state index in [1.54, 1.807) is 0 Å². The highest BCUT2D eigenvalue weighted by molar-refractivity contribution is 7.89. The molecule has 146 valence electrons. The Bertz CT molecular complexity index is 904. The zero-order chi connectivity index (χ0) is 19.7. The van der Waals surface area contributed by atoms with Gasteiger partial charge in [0.05, 0.1) is 29.4 Å². The Morgan fingerprint density at radius 2 is 1.89 bits per heavy atom. The van der Waals surface area contributed by atoms with Crippen molar-refractivity contribution in [2.24, 2.45) is 0 Å². The molecule has 1 unspecified atom stereocenters. The molecule has 11 heteroatoms. The van der Waals surface area contributed by atoms with Gasteiger partial charge in [0.2, 0.25) is 10.0 Å². The molecule has 1 fully saturated rings. The molecule has 2 aromatic rings. The van der Waals surface area contributed by atoms with Crippen LogP contribution >= 0.6 is 0 Å². The molecule has 0 amide bonds. The third kappa shape index (κ3) is 4.53. The summed E-state index contributed by atoms with van der Waals surface area (Å²) in [5.74, 6) is -0.639. The summed E-state index contributed by atoms with van der Waals surface area (Å²) in [5.41, 5.74) is -1.03. The third-order valence-electron chi connectivity index (χ3n) is 4.01. The molecule has 0 saturated carbocycles. The minimum Gasteiger partial charge on any atom is -0.459 e. The smallest absolute Gasteiger partial charge is 0.416 e. The van der Waals surface area contributed by atoms with Crippen LogP contribution in [0.3, 0.4) is 0 Å². The second-order valence-corrected chi connectivity index (χ2v) is 7.89. The van der Waals surface area contributed by atoms with Crippen LogP contribution in [0.1, 0.15) is 18.4 Å². The number of benzene rings is 1. The summed E-state index contributed by atoms with van der Waals surface area (Å²) in [6, 6.07) is 3.51. The van der Waals surface area contributed by atoms with Crippen LogP contribution in [0.5, 0.6) is 6.01 Å². The number of ether oxygens (including phenoxy) is 1. The molecule has 0 radical (unpaired) electrons. The number of hydrogen-bond donors (Lipinski definition) is 0. The summed E-state index contributed by atoms with van der Waals surface area (Å²) in [4.78, 5) is 6.88. The predicted octanol–water partition coefficient (Wildman–Crippen LogP) is 2.87. The van der Waals surface area contributed by atoms with Crippen molar-refractivity contribution >= 4 is 10.0 Å². The van der Waals surface area contributed by atoms with E-state index in [2.05, 4.69) is 9.97 Å². The zero-order valence-electron chi connectivity index (χ0n) is 13.9. The summed E-state index contributed by atoms with van der Waals surface area (Å²) in [5, 5.41) is 0. The van der Waals surface area contributed by atoms with E-state index in [0.717, 1.165) is 34.9 Å². The first-order chi connectivity index (χ1) is 12.7. The fourth-order valence-electron chi connectivity index (χ4n) is 2.71. The van der Waals surface area contributed by atoms with Crippen molar-refractivity contribution in [3.8, 4) is 6.01 Å². The average Bonchev–Trinajstić information content (AvgIpc) is 2.63. The molecule has 1 atom stereocenters. The van der Waals surface area contributed by atoms with Crippen LogP contribution in [-0.2, 0) is 16.2 Å². The number of aromatic nitrogens is 2. The van der Waals surface area contributed by atoms with E-state index in [1.807, 2.05) is 0 Å². The van der Waals surface area contributed by atoms with Crippen LogP contribution in [0.25, 0.3) is 0 Å².